The average Bonchev–Trinajstić information content (AvgIpc) is 1.16. The molecule has 0 rings (SSSR count). The van der Waals surface area contributed by atoms with Crippen molar-refractivity contribution < 1.29 is 62.3 Å². The van der Waals surface area contributed by atoms with Gasteiger partial charge in [-0.15, -0.1) is 0 Å². The molecule has 0 aromatic heterocycles. The van der Waals surface area contributed by atoms with Crippen LogP contribution in [0.2, 0.25) is 0 Å². The molecule has 0 aliphatic heterocycles. The van der Waals surface area contributed by atoms with Crippen LogP contribution in [0.4, 0.5) is 0 Å². The lowest BCUT2D eigenvalue weighted by Gasteiger charge is -2.29. The molecule has 0 saturated carbocycles. The Morgan fingerprint density at radius 3 is 0.606 bits per heavy atom. The summed E-state index contributed by atoms with van der Waals surface area (Å²) in [6.45, 7) is 24.0. The van der Waals surface area contributed by atoms with E-state index < -0.39 is 149 Å². The van der Waals surface area contributed by atoms with Crippen LogP contribution in [-0.4, -0.2) is 182 Å². The van der Waals surface area contributed by atoms with Crippen LogP contribution in [0.5, 0.6) is 0 Å². The summed E-state index contributed by atoms with van der Waals surface area (Å²) in [5.41, 5.74) is 34.6. The fourth-order valence-electron chi connectivity index (χ4n) is 10.8. The molecule has 0 radical (unpaired) electrons. The SMILES string of the molecule is CC(=O)N[C@@H](CC(C)C)C(=O)N[C@H](C)C(=O)N[C@@H](CCCCN)C(=O)N[C@@H](CCCCN)C(=O)N[C@@H](CC(C)C)C(=O)N[C@H](C)C(=O)N[C@@H](CCCCN)C(=O)N[C@@H](CC(C)C)C(=O)N[C@@H](CC(C)C)C(=O)N[C@H](CCCCN)C(=O)N[C@@H](CCCCN)C(=O)N[C@@H](CC(C)C)C(N)=O. The second-order valence-corrected chi connectivity index (χ2v) is 28.2. The molecule has 0 aliphatic carbocycles. The van der Waals surface area contributed by atoms with Crippen LogP contribution in [-0.2, 0) is 62.3 Å². The van der Waals surface area contributed by atoms with E-state index in [0.717, 1.165) is 0 Å². The lowest BCUT2D eigenvalue weighted by atomic mass is 9.98. The molecule has 0 unspecified atom stereocenters. The molecule has 570 valence electrons. The molecule has 31 heteroatoms. The third-order valence-corrected chi connectivity index (χ3v) is 16.2. The summed E-state index contributed by atoms with van der Waals surface area (Å²) in [6, 6.07) is -14.1. The summed E-state index contributed by atoms with van der Waals surface area (Å²) >= 11 is 0. The monoisotopic (exact) mass is 1410 g/mol. The molecule has 0 aromatic carbocycles. The van der Waals surface area contributed by atoms with E-state index in [1.165, 1.54) is 20.8 Å². The van der Waals surface area contributed by atoms with E-state index >= 15 is 0 Å². The summed E-state index contributed by atoms with van der Waals surface area (Å²) in [5, 5.41) is 32.6. The highest BCUT2D eigenvalue weighted by Crippen LogP contribution is 2.16. The predicted molar refractivity (Wildman–Crippen MR) is 381 cm³/mol. The van der Waals surface area contributed by atoms with E-state index in [1.54, 1.807) is 0 Å². The van der Waals surface area contributed by atoms with Gasteiger partial charge in [0.05, 0.1) is 0 Å². The number of amides is 13. The molecular formula is C68H130N18O13. The van der Waals surface area contributed by atoms with Crippen molar-refractivity contribution in [2.24, 2.45) is 64.0 Å². The maximum Gasteiger partial charge on any atom is 0.243 e. The van der Waals surface area contributed by atoms with Gasteiger partial charge >= 0.3 is 0 Å². The first-order valence-electron chi connectivity index (χ1n) is 36.0. The van der Waals surface area contributed by atoms with Gasteiger partial charge in [-0.2, -0.15) is 0 Å². The van der Waals surface area contributed by atoms with Gasteiger partial charge in [0.2, 0.25) is 76.8 Å². The number of carbonyl (C=O) groups excluding carboxylic acids is 13. The maximum absolute atomic E-state index is 14.5. The molecule has 0 aliphatic rings. The molecule has 0 bridgehead atoms. The first-order valence-corrected chi connectivity index (χ1v) is 36.0. The van der Waals surface area contributed by atoms with Gasteiger partial charge in [-0.25, -0.2) is 0 Å². The second-order valence-electron chi connectivity index (χ2n) is 28.2. The number of unbranched alkanes of at least 4 members (excludes halogenated alkanes) is 5. The lowest BCUT2D eigenvalue weighted by molar-refractivity contribution is -0.136. The highest BCUT2D eigenvalue weighted by molar-refractivity contribution is 5.99. The minimum absolute atomic E-state index is 0.00491. The Kier molecular flexibility index (Phi) is 47.5. The first-order chi connectivity index (χ1) is 46.5. The van der Waals surface area contributed by atoms with Crippen molar-refractivity contribution in [3.8, 4) is 0 Å². The Morgan fingerprint density at radius 1 is 0.232 bits per heavy atom. The summed E-state index contributed by atoms with van der Waals surface area (Å²) < 4.78 is 0. The van der Waals surface area contributed by atoms with Gasteiger partial charge in [0.25, 0.3) is 0 Å². The zero-order valence-corrected chi connectivity index (χ0v) is 61.8. The highest BCUT2D eigenvalue weighted by atomic mass is 16.2. The van der Waals surface area contributed by atoms with E-state index in [4.69, 9.17) is 34.4 Å². The van der Waals surface area contributed by atoms with Gasteiger partial charge in [0, 0.05) is 6.92 Å². The molecule has 13 amide bonds. The minimum atomic E-state index is -1.31. The molecule has 12 atom stereocenters. The van der Waals surface area contributed by atoms with E-state index in [9.17, 15) is 62.3 Å². The smallest absolute Gasteiger partial charge is 0.243 e. The number of primary amides is 1. The number of nitrogens with two attached hydrogens (primary N) is 6. The number of hydrogen-bond acceptors (Lipinski definition) is 18. The van der Waals surface area contributed by atoms with Gasteiger partial charge in [-0.1, -0.05) is 69.2 Å². The highest BCUT2D eigenvalue weighted by Gasteiger charge is 2.37. The van der Waals surface area contributed by atoms with Crippen molar-refractivity contribution in [1.82, 2.24) is 63.8 Å². The zero-order valence-electron chi connectivity index (χ0n) is 61.8. The molecule has 0 aromatic rings. The fraction of sp³-hybridized carbons (Fsp3) is 0.809. The summed E-state index contributed by atoms with van der Waals surface area (Å²) in [7, 11) is 0. The molecule has 99 heavy (non-hydrogen) atoms. The number of nitrogens with one attached hydrogen (secondary N) is 12. The van der Waals surface area contributed by atoms with Crippen molar-refractivity contribution in [2.75, 3.05) is 32.7 Å². The normalized spacial score (nSPS) is 15.1. The minimum Gasteiger partial charge on any atom is -0.368 e. The van der Waals surface area contributed by atoms with Gasteiger partial charge < -0.3 is 98.2 Å². The lowest BCUT2D eigenvalue weighted by Crippen LogP contribution is -2.60. The van der Waals surface area contributed by atoms with Gasteiger partial charge in [0.1, 0.15) is 72.5 Å². The first kappa shape index (κ1) is 91.9. The third-order valence-electron chi connectivity index (χ3n) is 16.2. The quantitative estimate of drug-likeness (QED) is 0.0332. The van der Waals surface area contributed by atoms with Crippen LogP contribution in [0.15, 0.2) is 0 Å². The molecule has 31 nitrogen and oxygen atoms in total. The van der Waals surface area contributed by atoms with Crippen molar-refractivity contribution in [3.05, 3.63) is 0 Å². The van der Waals surface area contributed by atoms with Gasteiger partial charge in [0.15, 0.2) is 0 Å². The molecule has 0 spiro atoms. The Bertz CT molecular complexity index is 2510. The Morgan fingerprint density at radius 2 is 0.404 bits per heavy atom. The van der Waals surface area contributed by atoms with E-state index in [2.05, 4.69) is 63.8 Å². The molecule has 0 saturated heterocycles. The summed E-state index contributed by atoms with van der Waals surface area (Å²) in [5.74, 6) is -9.48. The van der Waals surface area contributed by atoms with Crippen LogP contribution in [0.3, 0.4) is 0 Å². The van der Waals surface area contributed by atoms with E-state index in [0.29, 0.717) is 90.3 Å². The van der Waals surface area contributed by atoms with Crippen molar-refractivity contribution in [3.63, 3.8) is 0 Å². The van der Waals surface area contributed by atoms with Crippen LogP contribution in [0, 0.1) is 29.6 Å². The second kappa shape index (κ2) is 51.1. The Labute approximate surface area is 588 Å². The molecule has 0 fully saturated rings. The van der Waals surface area contributed by atoms with Crippen molar-refractivity contribution in [2.45, 2.75) is 291 Å². The standard InChI is InChI=1S/C68H130N18O13/c1-39(2)34-52(57(74)88)83-62(93)50(27-17-22-32-72)80-61(92)49(26-16-21-31-71)82-67(98)55(37-42(7)8)86-68(99)56(38-43(9)10)85-63(94)48(25-15-20-30-70)79-59(90)45(12)76-66(97)54(36-41(5)6)84-64(95)51(28-18-23-33-73)81-60(91)47(24-14-19-29-69)78-58(89)44(11)75-65(96)53(35-40(3)4)77-46(13)87/h39-45,47-56H,14-38,69-73H2,1-13H3,(H2,74,88)(H,75,96)(H,76,97)(H,77,87)(H,78,89)(H,79,90)(H,80,92)(H,81,91)(H,82,98)(H,83,93)(H,84,95)(H,85,94)(H,86,99)/t44-,45-,47+,48+,49-,50+,51+,52+,53+,54+,55+,56+/m1/s1. The van der Waals surface area contributed by atoms with Gasteiger partial charge in [-0.05, 0) is 205 Å². The number of carbonyl (C=O) groups is 13. The van der Waals surface area contributed by atoms with Crippen LogP contribution in [0.1, 0.15) is 218 Å². The van der Waals surface area contributed by atoms with Gasteiger partial charge in [-0.3, -0.25) is 62.3 Å². The van der Waals surface area contributed by atoms with E-state index in [-0.39, 0.29) is 100 Å². The number of rotatable bonds is 54. The largest absolute Gasteiger partial charge is 0.368 e. The molecular weight excluding hydrogens is 1280 g/mol. The summed E-state index contributed by atoms with van der Waals surface area (Å²) in [4.78, 5) is 179. The molecule has 24 N–H and O–H groups in total. The van der Waals surface area contributed by atoms with Crippen LogP contribution in [0.25, 0.3) is 0 Å². The van der Waals surface area contributed by atoms with Crippen molar-refractivity contribution >= 4 is 76.8 Å². The molecule has 0 heterocycles. The van der Waals surface area contributed by atoms with Crippen molar-refractivity contribution in [1.29, 1.82) is 0 Å². The van der Waals surface area contributed by atoms with E-state index in [1.807, 2.05) is 69.2 Å². The number of hydrogen-bond donors (Lipinski definition) is 18. The topological polar surface area (TPSA) is 522 Å². The van der Waals surface area contributed by atoms with Crippen LogP contribution >= 0.6 is 0 Å². The zero-order chi connectivity index (χ0) is 75.5. The summed E-state index contributed by atoms with van der Waals surface area (Å²) in [6.07, 6.45) is 5.87. The fourth-order valence-corrected chi connectivity index (χ4v) is 10.8. The third kappa shape index (κ3) is 40.1. The maximum atomic E-state index is 14.5. The Balaban J connectivity index is 6.86. The predicted octanol–water partition coefficient (Wildman–Crippen LogP) is -0.775. The Hall–Kier alpha value is -7.09. The average molecular weight is 1410 g/mol. The van der Waals surface area contributed by atoms with Crippen LogP contribution < -0.4 is 98.2 Å².